The summed E-state index contributed by atoms with van der Waals surface area (Å²) in [5, 5.41) is 6.47. The minimum Gasteiger partial charge on any atom is -0.312 e. The Morgan fingerprint density at radius 2 is 2.13 bits per heavy atom. The molecule has 5 nitrogen and oxygen atoms in total. The molecule has 1 aromatic heterocycles. The number of halogens is 1. The van der Waals surface area contributed by atoms with Gasteiger partial charge in [0.25, 0.3) is 0 Å². The van der Waals surface area contributed by atoms with E-state index < -0.39 is 5.92 Å². The van der Waals surface area contributed by atoms with Gasteiger partial charge >= 0.3 is 0 Å². The van der Waals surface area contributed by atoms with Crippen LogP contribution in [0.15, 0.2) is 46.9 Å². The van der Waals surface area contributed by atoms with Gasteiger partial charge in [0.1, 0.15) is 0 Å². The number of carbonyl (C=O) groups is 2. The lowest BCUT2D eigenvalue weighted by atomic mass is 10.1. The smallest absolute Gasteiger partial charge is 0.245 e. The highest BCUT2D eigenvalue weighted by atomic mass is 35.5. The number of amides is 2. The number of nitrogens with zero attached hydrogens (tertiary/aromatic N) is 2. The molecule has 1 atom stereocenters. The van der Waals surface area contributed by atoms with E-state index in [4.69, 9.17) is 11.6 Å². The van der Waals surface area contributed by atoms with E-state index in [2.05, 4.69) is 10.5 Å². The zero-order valence-corrected chi connectivity index (χ0v) is 13.7. The lowest BCUT2D eigenvalue weighted by molar-refractivity contribution is -0.126. The van der Waals surface area contributed by atoms with Crippen molar-refractivity contribution < 1.29 is 9.59 Å². The Labute approximate surface area is 142 Å². The average Bonchev–Trinajstić information content (AvgIpc) is 3.18. The Hall–Kier alpha value is -2.18. The second-order valence-corrected chi connectivity index (χ2v) is 6.55. The molecule has 118 valence electrons. The van der Waals surface area contributed by atoms with Crippen molar-refractivity contribution in [3.05, 3.63) is 51.7 Å². The quantitative estimate of drug-likeness (QED) is 0.682. The van der Waals surface area contributed by atoms with E-state index in [0.717, 1.165) is 10.6 Å². The third kappa shape index (κ3) is 3.78. The van der Waals surface area contributed by atoms with E-state index >= 15 is 0 Å². The fourth-order valence-electron chi connectivity index (χ4n) is 2.37. The lowest BCUT2D eigenvalue weighted by Crippen LogP contribution is -2.30. The van der Waals surface area contributed by atoms with Crippen LogP contribution >= 0.6 is 22.9 Å². The van der Waals surface area contributed by atoms with Crippen LogP contribution in [0.1, 0.15) is 11.3 Å². The summed E-state index contributed by atoms with van der Waals surface area (Å²) in [4.78, 5) is 26.8. The molecule has 3 rings (SSSR count). The maximum Gasteiger partial charge on any atom is 0.245 e. The molecule has 0 saturated carbocycles. The van der Waals surface area contributed by atoms with Crippen LogP contribution in [0.5, 0.6) is 0 Å². The van der Waals surface area contributed by atoms with Crippen molar-refractivity contribution in [2.24, 2.45) is 11.0 Å². The molecular formula is C16H14ClN3O2S. The fraction of sp³-hybridized carbons (Fsp3) is 0.188. The maximum absolute atomic E-state index is 12.1. The summed E-state index contributed by atoms with van der Waals surface area (Å²) in [6, 6.07) is 10.8. The molecule has 1 aromatic carbocycles. The minimum atomic E-state index is -0.404. The van der Waals surface area contributed by atoms with Crippen molar-refractivity contribution in [3.8, 4) is 0 Å². The second kappa shape index (κ2) is 6.93. The molecule has 1 aliphatic rings. The molecular weight excluding hydrogens is 334 g/mol. The Balaban J connectivity index is 1.60. The van der Waals surface area contributed by atoms with Crippen molar-refractivity contribution >= 4 is 46.7 Å². The Kier molecular flexibility index (Phi) is 4.73. The Morgan fingerprint density at radius 3 is 2.83 bits per heavy atom. The molecule has 1 fully saturated rings. The molecule has 2 aromatic rings. The normalized spacial score (nSPS) is 17.9. The summed E-state index contributed by atoms with van der Waals surface area (Å²) in [6.07, 6.45) is 1.78. The van der Waals surface area contributed by atoms with Crippen LogP contribution in [0.25, 0.3) is 0 Å². The molecule has 7 heteroatoms. The number of hydrogen-bond acceptors (Lipinski definition) is 4. The molecule has 0 bridgehead atoms. The van der Waals surface area contributed by atoms with Crippen LogP contribution in [0, 0.1) is 5.92 Å². The summed E-state index contributed by atoms with van der Waals surface area (Å²) < 4.78 is 0. The molecule has 1 N–H and O–H groups in total. The van der Waals surface area contributed by atoms with Crippen LogP contribution in [0.4, 0.5) is 5.69 Å². The minimum absolute atomic E-state index is 0.0743. The summed E-state index contributed by atoms with van der Waals surface area (Å²) in [5.41, 5.74) is 3.25. The topological polar surface area (TPSA) is 61.8 Å². The highest BCUT2D eigenvalue weighted by Gasteiger charge is 2.35. The van der Waals surface area contributed by atoms with Gasteiger partial charge in [-0.1, -0.05) is 17.7 Å². The third-order valence-electron chi connectivity index (χ3n) is 3.54. The van der Waals surface area contributed by atoms with Crippen molar-refractivity contribution in [1.29, 1.82) is 0 Å². The van der Waals surface area contributed by atoms with Crippen LogP contribution in [-0.2, 0) is 9.59 Å². The summed E-state index contributed by atoms with van der Waals surface area (Å²) >= 11 is 7.38. The first kappa shape index (κ1) is 15.7. The van der Waals surface area contributed by atoms with E-state index in [9.17, 15) is 9.59 Å². The monoisotopic (exact) mass is 347 g/mol. The number of hydrogen-bond donors (Lipinski definition) is 1. The molecule has 23 heavy (non-hydrogen) atoms. The van der Waals surface area contributed by atoms with Gasteiger partial charge in [-0.2, -0.15) is 5.10 Å². The van der Waals surface area contributed by atoms with Crippen LogP contribution in [0.2, 0.25) is 5.02 Å². The lowest BCUT2D eigenvalue weighted by Gasteiger charge is -2.16. The first-order valence-corrected chi connectivity index (χ1v) is 8.31. The van der Waals surface area contributed by atoms with Gasteiger partial charge in [-0.25, -0.2) is 5.43 Å². The molecule has 0 spiro atoms. The van der Waals surface area contributed by atoms with E-state index in [1.54, 1.807) is 35.4 Å². The molecule has 1 unspecified atom stereocenters. The predicted octanol–water partition coefficient (Wildman–Crippen LogP) is 2.90. The predicted molar refractivity (Wildman–Crippen MR) is 92.0 cm³/mol. The van der Waals surface area contributed by atoms with E-state index in [-0.39, 0.29) is 18.2 Å². The first-order chi connectivity index (χ1) is 11.1. The summed E-state index contributed by atoms with van der Waals surface area (Å²) in [5.74, 6) is -0.726. The molecule has 2 amide bonds. The average molecular weight is 348 g/mol. The van der Waals surface area contributed by atoms with Crippen LogP contribution in [0.3, 0.4) is 0 Å². The van der Waals surface area contributed by atoms with Gasteiger partial charge in [0.2, 0.25) is 11.8 Å². The number of anilines is 1. The Morgan fingerprint density at radius 1 is 1.35 bits per heavy atom. The molecule has 2 heterocycles. The third-order valence-corrected chi connectivity index (χ3v) is 4.60. The van der Waals surface area contributed by atoms with E-state index in [1.165, 1.54) is 11.3 Å². The molecule has 0 radical (unpaired) electrons. The highest BCUT2D eigenvalue weighted by Crippen LogP contribution is 2.26. The zero-order chi connectivity index (χ0) is 16.2. The first-order valence-electron chi connectivity index (χ1n) is 7.06. The number of benzene rings is 1. The molecule has 1 aliphatic heterocycles. The number of hydrazone groups is 1. The van der Waals surface area contributed by atoms with Gasteiger partial charge in [-0.3, -0.25) is 9.59 Å². The van der Waals surface area contributed by atoms with Gasteiger partial charge in [0.05, 0.1) is 12.1 Å². The summed E-state index contributed by atoms with van der Waals surface area (Å²) in [6.45, 7) is 0.348. The van der Waals surface area contributed by atoms with E-state index in [1.807, 2.05) is 17.5 Å². The SMILES string of the molecule is O=C(NN=Cc1cccs1)C1CC(=O)N(c2ccc(Cl)cc2)C1. The Bertz CT molecular complexity index is 728. The number of nitrogens with one attached hydrogen (secondary N) is 1. The van der Waals surface area contributed by atoms with Crippen molar-refractivity contribution in [1.82, 2.24) is 5.43 Å². The molecule has 1 saturated heterocycles. The van der Waals surface area contributed by atoms with E-state index in [0.29, 0.717) is 11.6 Å². The number of rotatable bonds is 4. The van der Waals surface area contributed by atoms with Crippen molar-refractivity contribution in [2.45, 2.75) is 6.42 Å². The maximum atomic E-state index is 12.1. The fourth-order valence-corrected chi connectivity index (χ4v) is 3.08. The van der Waals surface area contributed by atoms with Gasteiger partial charge in [0.15, 0.2) is 0 Å². The van der Waals surface area contributed by atoms with Gasteiger partial charge in [0, 0.05) is 28.6 Å². The van der Waals surface area contributed by atoms with Gasteiger partial charge in [-0.15, -0.1) is 11.3 Å². The van der Waals surface area contributed by atoms with Crippen molar-refractivity contribution in [2.75, 3.05) is 11.4 Å². The molecule has 0 aliphatic carbocycles. The number of thiophene rings is 1. The van der Waals surface area contributed by atoms with Crippen LogP contribution < -0.4 is 10.3 Å². The number of carbonyl (C=O) groups excluding carboxylic acids is 2. The largest absolute Gasteiger partial charge is 0.312 e. The highest BCUT2D eigenvalue weighted by molar-refractivity contribution is 7.11. The van der Waals surface area contributed by atoms with Gasteiger partial charge in [-0.05, 0) is 35.7 Å². The second-order valence-electron chi connectivity index (χ2n) is 5.13. The zero-order valence-electron chi connectivity index (χ0n) is 12.1. The van der Waals surface area contributed by atoms with Gasteiger partial charge < -0.3 is 4.90 Å². The standard InChI is InChI=1S/C16H14ClN3O2S/c17-12-3-5-13(6-4-12)20-10-11(8-15(20)21)16(22)19-18-9-14-2-1-7-23-14/h1-7,9,11H,8,10H2,(H,19,22). The van der Waals surface area contributed by atoms with Crippen LogP contribution in [-0.4, -0.2) is 24.6 Å². The van der Waals surface area contributed by atoms with Crippen molar-refractivity contribution in [3.63, 3.8) is 0 Å². The summed E-state index contributed by atoms with van der Waals surface area (Å²) in [7, 11) is 0.